The molecule has 0 bridgehead atoms. The standard InChI is InChI=1S/C15H14N2O3/c18-12-5-3-8-16-14(12)17-15(19)11-7-9-20-13-6-2-1-4-10(11)13/h1-6,8,11,18H,7,9H2,(H,16,17,19). The van der Waals surface area contributed by atoms with Crippen LogP contribution in [-0.2, 0) is 4.79 Å². The maximum atomic E-state index is 12.4. The van der Waals surface area contributed by atoms with Crippen molar-refractivity contribution in [3.05, 3.63) is 48.2 Å². The highest BCUT2D eigenvalue weighted by molar-refractivity contribution is 5.96. The van der Waals surface area contributed by atoms with Crippen LogP contribution in [-0.4, -0.2) is 22.6 Å². The number of anilines is 1. The first-order valence-electron chi connectivity index (χ1n) is 6.42. The molecule has 2 aromatic rings. The third-order valence-electron chi connectivity index (χ3n) is 3.30. The zero-order valence-corrected chi connectivity index (χ0v) is 10.7. The van der Waals surface area contributed by atoms with Crippen LogP contribution in [0.25, 0.3) is 0 Å². The normalized spacial score (nSPS) is 16.9. The highest BCUT2D eigenvalue weighted by Gasteiger charge is 2.28. The number of carbonyl (C=O) groups is 1. The molecule has 0 radical (unpaired) electrons. The first-order chi connectivity index (χ1) is 9.75. The lowest BCUT2D eigenvalue weighted by Gasteiger charge is -2.24. The van der Waals surface area contributed by atoms with Gasteiger partial charge < -0.3 is 15.2 Å². The Morgan fingerprint density at radius 2 is 2.15 bits per heavy atom. The molecule has 102 valence electrons. The number of fused-ring (bicyclic) bond motifs is 1. The van der Waals surface area contributed by atoms with E-state index in [0.717, 1.165) is 11.3 Å². The Kier molecular flexibility index (Phi) is 3.25. The number of nitrogens with one attached hydrogen (secondary N) is 1. The SMILES string of the molecule is O=C(Nc1ncccc1O)C1CCOc2ccccc21. The summed E-state index contributed by atoms with van der Waals surface area (Å²) in [6.45, 7) is 0.503. The number of carbonyl (C=O) groups excluding carboxylic acids is 1. The Morgan fingerprint density at radius 3 is 3.00 bits per heavy atom. The summed E-state index contributed by atoms with van der Waals surface area (Å²) >= 11 is 0. The maximum absolute atomic E-state index is 12.4. The van der Waals surface area contributed by atoms with Crippen LogP contribution < -0.4 is 10.1 Å². The molecular formula is C15H14N2O3. The molecule has 2 heterocycles. The summed E-state index contributed by atoms with van der Waals surface area (Å²) in [7, 11) is 0. The molecule has 1 unspecified atom stereocenters. The molecule has 1 atom stereocenters. The predicted molar refractivity (Wildman–Crippen MR) is 73.8 cm³/mol. The van der Waals surface area contributed by atoms with Gasteiger partial charge in [-0.15, -0.1) is 0 Å². The molecular weight excluding hydrogens is 256 g/mol. The van der Waals surface area contributed by atoms with E-state index in [-0.39, 0.29) is 23.4 Å². The predicted octanol–water partition coefficient (Wildman–Crippen LogP) is 2.29. The fourth-order valence-corrected chi connectivity index (χ4v) is 2.31. The molecule has 20 heavy (non-hydrogen) atoms. The van der Waals surface area contributed by atoms with Crippen LogP contribution in [0.5, 0.6) is 11.5 Å². The molecule has 0 spiro atoms. The molecule has 5 heteroatoms. The monoisotopic (exact) mass is 270 g/mol. The molecule has 3 rings (SSSR count). The number of nitrogens with zero attached hydrogens (tertiary/aromatic N) is 1. The number of hydrogen-bond donors (Lipinski definition) is 2. The van der Waals surface area contributed by atoms with E-state index < -0.39 is 0 Å². The van der Waals surface area contributed by atoms with Gasteiger partial charge in [0.25, 0.3) is 0 Å². The van der Waals surface area contributed by atoms with Crippen LogP contribution in [0.4, 0.5) is 5.82 Å². The van der Waals surface area contributed by atoms with Crippen molar-refractivity contribution in [2.75, 3.05) is 11.9 Å². The van der Waals surface area contributed by atoms with Crippen LogP contribution >= 0.6 is 0 Å². The van der Waals surface area contributed by atoms with Crippen LogP contribution in [0.2, 0.25) is 0 Å². The van der Waals surface area contributed by atoms with Crippen molar-refractivity contribution in [2.24, 2.45) is 0 Å². The summed E-state index contributed by atoms with van der Waals surface area (Å²) in [5.74, 6) is 0.405. The van der Waals surface area contributed by atoms with E-state index in [2.05, 4.69) is 10.3 Å². The molecule has 2 N–H and O–H groups in total. The molecule has 0 saturated heterocycles. The fraction of sp³-hybridized carbons (Fsp3) is 0.200. The lowest BCUT2D eigenvalue weighted by atomic mass is 9.92. The van der Waals surface area contributed by atoms with Gasteiger partial charge in [0.2, 0.25) is 5.91 Å². The third-order valence-corrected chi connectivity index (χ3v) is 3.30. The van der Waals surface area contributed by atoms with Gasteiger partial charge in [-0.2, -0.15) is 0 Å². The fourth-order valence-electron chi connectivity index (χ4n) is 2.31. The van der Waals surface area contributed by atoms with Gasteiger partial charge in [0.15, 0.2) is 11.6 Å². The van der Waals surface area contributed by atoms with E-state index in [4.69, 9.17) is 4.74 Å². The van der Waals surface area contributed by atoms with Crippen molar-refractivity contribution in [3.8, 4) is 11.5 Å². The minimum atomic E-state index is -0.290. The second kappa shape index (κ2) is 5.21. The molecule has 1 amide bonds. The number of aromatic nitrogens is 1. The van der Waals surface area contributed by atoms with Crippen LogP contribution in [0, 0.1) is 0 Å². The van der Waals surface area contributed by atoms with Gasteiger partial charge in [-0.3, -0.25) is 4.79 Å². The minimum Gasteiger partial charge on any atom is -0.504 e. The Labute approximate surface area is 116 Å². The largest absolute Gasteiger partial charge is 0.504 e. The van der Waals surface area contributed by atoms with Crippen molar-refractivity contribution < 1.29 is 14.6 Å². The highest BCUT2D eigenvalue weighted by Crippen LogP contribution is 2.34. The smallest absolute Gasteiger partial charge is 0.233 e. The average molecular weight is 270 g/mol. The molecule has 0 aliphatic carbocycles. The Balaban J connectivity index is 1.84. The van der Waals surface area contributed by atoms with Crippen molar-refractivity contribution in [1.82, 2.24) is 4.98 Å². The second-order valence-corrected chi connectivity index (χ2v) is 4.59. The van der Waals surface area contributed by atoms with Gasteiger partial charge in [0.05, 0.1) is 12.5 Å². The van der Waals surface area contributed by atoms with E-state index in [1.54, 1.807) is 6.07 Å². The van der Waals surface area contributed by atoms with Gasteiger partial charge in [0, 0.05) is 11.8 Å². The van der Waals surface area contributed by atoms with Crippen molar-refractivity contribution in [3.63, 3.8) is 0 Å². The van der Waals surface area contributed by atoms with Gasteiger partial charge in [-0.05, 0) is 24.6 Å². The number of hydrogen-bond acceptors (Lipinski definition) is 4. The lowest BCUT2D eigenvalue weighted by Crippen LogP contribution is -2.26. The molecule has 5 nitrogen and oxygen atoms in total. The van der Waals surface area contributed by atoms with Crippen molar-refractivity contribution >= 4 is 11.7 Å². The quantitative estimate of drug-likeness (QED) is 0.878. The highest BCUT2D eigenvalue weighted by atomic mass is 16.5. The van der Waals surface area contributed by atoms with Crippen LogP contribution in [0.1, 0.15) is 17.9 Å². The van der Waals surface area contributed by atoms with Crippen LogP contribution in [0.3, 0.4) is 0 Å². The van der Waals surface area contributed by atoms with Gasteiger partial charge in [-0.25, -0.2) is 4.98 Å². The van der Waals surface area contributed by atoms with Crippen molar-refractivity contribution in [1.29, 1.82) is 0 Å². The lowest BCUT2D eigenvalue weighted by molar-refractivity contribution is -0.118. The topological polar surface area (TPSA) is 71.5 Å². The Morgan fingerprint density at radius 1 is 1.30 bits per heavy atom. The number of ether oxygens (including phenoxy) is 1. The number of pyridine rings is 1. The Hall–Kier alpha value is -2.56. The summed E-state index contributed by atoms with van der Waals surface area (Å²) in [6.07, 6.45) is 2.13. The maximum Gasteiger partial charge on any atom is 0.233 e. The van der Waals surface area contributed by atoms with E-state index in [1.165, 1.54) is 12.3 Å². The number of amides is 1. The summed E-state index contributed by atoms with van der Waals surface area (Å²) in [6, 6.07) is 10.6. The zero-order valence-electron chi connectivity index (χ0n) is 10.7. The van der Waals surface area contributed by atoms with Gasteiger partial charge >= 0.3 is 0 Å². The summed E-state index contributed by atoms with van der Waals surface area (Å²) in [5, 5.41) is 12.3. The van der Waals surface area contributed by atoms with Crippen molar-refractivity contribution in [2.45, 2.75) is 12.3 Å². The van der Waals surface area contributed by atoms with Crippen LogP contribution in [0.15, 0.2) is 42.6 Å². The molecule has 1 aliphatic heterocycles. The number of rotatable bonds is 2. The second-order valence-electron chi connectivity index (χ2n) is 4.59. The molecule has 0 saturated carbocycles. The first-order valence-corrected chi connectivity index (χ1v) is 6.42. The van der Waals surface area contributed by atoms with E-state index in [0.29, 0.717) is 13.0 Å². The van der Waals surface area contributed by atoms with Gasteiger partial charge in [-0.1, -0.05) is 18.2 Å². The number of para-hydroxylation sites is 1. The number of benzene rings is 1. The summed E-state index contributed by atoms with van der Waals surface area (Å²) in [4.78, 5) is 16.3. The molecule has 1 aliphatic rings. The summed E-state index contributed by atoms with van der Waals surface area (Å²) in [5.41, 5.74) is 0.867. The first kappa shape index (κ1) is 12.5. The van der Waals surface area contributed by atoms with E-state index >= 15 is 0 Å². The Bertz CT molecular complexity index is 643. The average Bonchev–Trinajstić information content (AvgIpc) is 2.49. The molecule has 0 fully saturated rings. The van der Waals surface area contributed by atoms with E-state index in [9.17, 15) is 9.90 Å². The van der Waals surface area contributed by atoms with E-state index in [1.807, 2.05) is 24.3 Å². The van der Waals surface area contributed by atoms with Gasteiger partial charge in [0.1, 0.15) is 5.75 Å². The minimum absolute atomic E-state index is 0.0406. The summed E-state index contributed by atoms with van der Waals surface area (Å²) < 4.78 is 5.53. The zero-order chi connectivity index (χ0) is 13.9. The molecule has 1 aromatic heterocycles. The number of aromatic hydroxyl groups is 1. The molecule has 1 aromatic carbocycles. The third kappa shape index (κ3) is 2.30.